The number of rotatable bonds is 8. The zero-order valence-electron chi connectivity index (χ0n) is 20.7. The normalized spacial score (nSPS) is 17.5. The number of carbonyl (C=O) groups is 1. The molecule has 1 aromatic heterocycles. The molecule has 1 aliphatic rings. The fourth-order valence-electron chi connectivity index (χ4n) is 4.53. The van der Waals surface area contributed by atoms with E-state index in [1.165, 1.54) is 18.2 Å². The maximum absolute atomic E-state index is 12.6. The first kappa shape index (κ1) is 28.3. The fraction of sp³-hybridized carbons (Fsp3) is 0.423. The van der Waals surface area contributed by atoms with Crippen molar-refractivity contribution in [3.63, 3.8) is 0 Å². The Morgan fingerprint density at radius 1 is 1.03 bits per heavy atom. The van der Waals surface area contributed by atoms with Gasteiger partial charge in [-0.3, -0.25) is 4.79 Å². The molecule has 11 heteroatoms. The molecule has 0 atom stereocenters. The number of alkyl halides is 3. The summed E-state index contributed by atoms with van der Waals surface area (Å²) in [6, 6.07) is 13.9. The minimum atomic E-state index is -4.80. The molecule has 1 heterocycles. The molecule has 2 N–H and O–H groups in total. The highest BCUT2D eigenvalue weighted by Gasteiger charge is 2.32. The number of halogens is 4. The summed E-state index contributed by atoms with van der Waals surface area (Å²) in [6.45, 7) is 0.491. The first-order valence-electron chi connectivity index (χ1n) is 12.0. The van der Waals surface area contributed by atoms with Gasteiger partial charge in [0.2, 0.25) is 11.9 Å². The Kier molecular flexibility index (Phi) is 9.42. The molecule has 200 valence electrons. The number of nitrogens with zero attached hydrogens (tertiary/aromatic N) is 3. The van der Waals surface area contributed by atoms with E-state index in [4.69, 9.17) is 4.98 Å². The van der Waals surface area contributed by atoms with Crippen molar-refractivity contribution in [2.24, 2.45) is 5.92 Å². The van der Waals surface area contributed by atoms with Crippen LogP contribution in [0.4, 0.5) is 24.9 Å². The third kappa shape index (κ3) is 7.85. The number of para-hydroxylation sites is 2. The first-order chi connectivity index (χ1) is 17.2. The van der Waals surface area contributed by atoms with Gasteiger partial charge >= 0.3 is 6.36 Å². The molecule has 3 aromatic rings. The topological polar surface area (TPSA) is 79.4 Å². The van der Waals surface area contributed by atoms with Crippen LogP contribution in [0.5, 0.6) is 5.75 Å². The Morgan fingerprint density at radius 2 is 1.70 bits per heavy atom. The largest absolute Gasteiger partial charge is 0.573 e. The van der Waals surface area contributed by atoms with Crippen LogP contribution in [-0.4, -0.2) is 48.9 Å². The van der Waals surface area contributed by atoms with E-state index in [2.05, 4.69) is 20.4 Å². The van der Waals surface area contributed by atoms with Gasteiger partial charge in [0, 0.05) is 37.6 Å². The standard InChI is InChI=1S/C26H30F3N5O2.ClH/c1-34(2)24-20-8-4-5-9-21(20)32-25(33-24)31-19-13-11-17(12-14-19)16-30-23(35)15-18-7-3-6-10-22(18)36-26(27,28)29;/h3-10,17,19H,11-16H2,1-2H3,(H,30,35)(H,31,32,33);1H/t17-,19+;. The summed E-state index contributed by atoms with van der Waals surface area (Å²) in [4.78, 5) is 23.7. The third-order valence-corrected chi connectivity index (χ3v) is 6.32. The number of fused-ring (bicyclic) bond motifs is 1. The van der Waals surface area contributed by atoms with Gasteiger partial charge in [-0.2, -0.15) is 4.98 Å². The molecule has 1 saturated carbocycles. The van der Waals surface area contributed by atoms with E-state index in [0.29, 0.717) is 18.4 Å². The van der Waals surface area contributed by atoms with Gasteiger partial charge < -0.3 is 20.3 Å². The maximum Gasteiger partial charge on any atom is 0.573 e. The molecule has 37 heavy (non-hydrogen) atoms. The molecule has 0 bridgehead atoms. The number of carbonyl (C=O) groups excluding carboxylic acids is 1. The molecule has 7 nitrogen and oxygen atoms in total. The van der Waals surface area contributed by atoms with Gasteiger partial charge in [0.05, 0.1) is 11.9 Å². The van der Waals surface area contributed by atoms with Crippen LogP contribution in [0, 0.1) is 5.92 Å². The second-order valence-corrected chi connectivity index (χ2v) is 9.28. The van der Waals surface area contributed by atoms with E-state index >= 15 is 0 Å². The zero-order chi connectivity index (χ0) is 25.7. The van der Waals surface area contributed by atoms with Gasteiger partial charge in [0.25, 0.3) is 0 Å². The van der Waals surface area contributed by atoms with Gasteiger partial charge in [0.15, 0.2) is 0 Å². The van der Waals surface area contributed by atoms with E-state index < -0.39 is 6.36 Å². The zero-order valence-corrected chi connectivity index (χ0v) is 21.5. The predicted octanol–water partition coefficient (Wildman–Crippen LogP) is 5.35. The number of aromatic nitrogens is 2. The highest BCUT2D eigenvalue weighted by molar-refractivity contribution is 5.90. The van der Waals surface area contributed by atoms with E-state index in [-0.39, 0.29) is 42.1 Å². The number of nitrogens with one attached hydrogen (secondary N) is 2. The highest BCUT2D eigenvalue weighted by Crippen LogP contribution is 2.29. The molecule has 2 aromatic carbocycles. The highest BCUT2D eigenvalue weighted by atomic mass is 35.5. The summed E-state index contributed by atoms with van der Waals surface area (Å²) < 4.78 is 41.8. The minimum Gasteiger partial charge on any atom is -0.405 e. The molecular weight excluding hydrogens is 507 g/mol. The Balaban J connectivity index is 0.00000380. The molecule has 0 radical (unpaired) electrons. The smallest absolute Gasteiger partial charge is 0.405 e. The van der Waals surface area contributed by atoms with Crippen LogP contribution in [0.1, 0.15) is 31.2 Å². The van der Waals surface area contributed by atoms with Crippen LogP contribution < -0.4 is 20.3 Å². The van der Waals surface area contributed by atoms with Crippen LogP contribution >= 0.6 is 12.4 Å². The molecule has 4 rings (SSSR count). The lowest BCUT2D eigenvalue weighted by Gasteiger charge is -2.29. The third-order valence-electron chi connectivity index (χ3n) is 6.32. The molecule has 0 saturated heterocycles. The summed E-state index contributed by atoms with van der Waals surface area (Å²) >= 11 is 0. The van der Waals surface area contributed by atoms with Crippen LogP contribution in [0.2, 0.25) is 0 Å². The Bertz CT molecular complexity index is 1200. The van der Waals surface area contributed by atoms with Crippen LogP contribution in [0.25, 0.3) is 10.9 Å². The van der Waals surface area contributed by atoms with E-state index in [1.54, 1.807) is 6.07 Å². The summed E-state index contributed by atoms with van der Waals surface area (Å²) in [5.74, 6) is 1.11. The summed E-state index contributed by atoms with van der Waals surface area (Å²) in [5.41, 5.74) is 1.09. The van der Waals surface area contributed by atoms with Gasteiger partial charge in [-0.15, -0.1) is 25.6 Å². The monoisotopic (exact) mass is 537 g/mol. The van der Waals surface area contributed by atoms with Crippen LogP contribution in [0.3, 0.4) is 0 Å². The number of hydrogen-bond acceptors (Lipinski definition) is 6. The Labute approximate surface area is 220 Å². The van der Waals surface area contributed by atoms with Crippen LogP contribution in [0.15, 0.2) is 48.5 Å². The van der Waals surface area contributed by atoms with E-state index in [0.717, 1.165) is 42.4 Å². The summed E-state index contributed by atoms with van der Waals surface area (Å²) in [5, 5.41) is 7.34. The molecule has 0 unspecified atom stereocenters. The molecule has 1 amide bonds. The summed E-state index contributed by atoms with van der Waals surface area (Å²) in [6.07, 6.45) is -1.31. The SMILES string of the molecule is CN(C)c1nc(N[C@H]2CC[C@@H](CNC(=O)Cc3ccccc3OC(F)(F)F)CC2)nc2ccccc12.Cl. The van der Waals surface area contributed by atoms with Gasteiger partial charge in [-0.25, -0.2) is 4.98 Å². The second kappa shape index (κ2) is 12.3. The molecular formula is C26H31ClF3N5O2. The molecule has 1 fully saturated rings. The van der Waals surface area contributed by atoms with Crippen molar-refractivity contribution in [3.8, 4) is 5.75 Å². The Hall–Kier alpha value is -3.27. The van der Waals surface area contributed by atoms with Crippen molar-refractivity contribution in [3.05, 3.63) is 54.1 Å². The lowest BCUT2D eigenvalue weighted by atomic mass is 9.86. The van der Waals surface area contributed by atoms with Gasteiger partial charge in [-0.05, 0) is 49.8 Å². The summed E-state index contributed by atoms with van der Waals surface area (Å²) in [7, 11) is 3.92. The average molecular weight is 538 g/mol. The average Bonchev–Trinajstić information content (AvgIpc) is 2.83. The fourth-order valence-corrected chi connectivity index (χ4v) is 4.53. The molecule has 0 aliphatic heterocycles. The minimum absolute atomic E-state index is 0. The maximum atomic E-state index is 12.6. The quantitative estimate of drug-likeness (QED) is 0.403. The predicted molar refractivity (Wildman–Crippen MR) is 140 cm³/mol. The number of anilines is 2. The molecule has 1 aliphatic carbocycles. The van der Waals surface area contributed by atoms with Crippen LogP contribution in [-0.2, 0) is 11.2 Å². The van der Waals surface area contributed by atoms with Crippen molar-refractivity contribution in [2.45, 2.75) is 44.5 Å². The van der Waals surface area contributed by atoms with E-state index in [9.17, 15) is 18.0 Å². The van der Waals surface area contributed by atoms with E-state index in [1.807, 2.05) is 43.3 Å². The van der Waals surface area contributed by atoms with Gasteiger partial charge in [-0.1, -0.05) is 30.3 Å². The number of benzene rings is 2. The van der Waals surface area contributed by atoms with Crippen molar-refractivity contribution < 1.29 is 22.7 Å². The van der Waals surface area contributed by atoms with Crippen molar-refractivity contribution >= 4 is 41.0 Å². The number of hydrogen-bond donors (Lipinski definition) is 2. The lowest BCUT2D eigenvalue weighted by molar-refractivity contribution is -0.274. The number of ether oxygens (including phenoxy) is 1. The van der Waals surface area contributed by atoms with Crippen molar-refractivity contribution in [2.75, 3.05) is 30.9 Å². The number of amides is 1. The Morgan fingerprint density at radius 3 is 2.41 bits per heavy atom. The van der Waals surface area contributed by atoms with Gasteiger partial charge in [0.1, 0.15) is 11.6 Å². The lowest BCUT2D eigenvalue weighted by Crippen LogP contribution is -2.35. The van der Waals surface area contributed by atoms with Crippen molar-refractivity contribution in [1.29, 1.82) is 0 Å². The second-order valence-electron chi connectivity index (χ2n) is 9.28. The van der Waals surface area contributed by atoms with Crippen molar-refractivity contribution in [1.82, 2.24) is 15.3 Å². The molecule has 0 spiro atoms. The first-order valence-corrected chi connectivity index (χ1v) is 12.0.